The topological polar surface area (TPSA) is 35.8 Å². The van der Waals surface area contributed by atoms with E-state index in [1.165, 1.54) is 12.1 Å². The van der Waals surface area contributed by atoms with Gasteiger partial charge in [-0.3, -0.25) is 0 Å². The van der Waals surface area contributed by atoms with Crippen molar-refractivity contribution < 1.29 is 4.39 Å². The molecule has 1 aromatic rings. The van der Waals surface area contributed by atoms with Crippen molar-refractivity contribution in [2.75, 3.05) is 11.9 Å². The van der Waals surface area contributed by atoms with Crippen LogP contribution in [0.15, 0.2) is 30.4 Å². The van der Waals surface area contributed by atoms with Crippen LogP contribution in [0, 0.1) is 17.1 Å². The summed E-state index contributed by atoms with van der Waals surface area (Å²) in [4.78, 5) is 0. The van der Waals surface area contributed by atoms with Gasteiger partial charge in [0.2, 0.25) is 0 Å². The number of halogens is 1. The average molecular weight is 204 g/mol. The molecule has 0 aliphatic carbocycles. The highest BCUT2D eigenvalue weighted by Crippen LogP contribution is 2.13. The van der Waals surface area contributed by atoms with Gasteiger partial charge in [0.25, 0.3) is 0 Å². The van der Waals surface area contributed by atoms with Gasteiger partial charge in [-0.05, 0) is 31.5 Å². The molecule has 0 aromatic heterocycles. The first-order valence-corrected chi connectivity index (χ1v) is 4.82. The molecule has 15 heavy (non-hydrogen) atoms. The number of benzene rings is 1. The second-order valence-corrected chi connectivity index (χ2v) is 3.09. The molecule has 0 fully saturated rings. The van der Waals surface area contributed by atoms with E-state index in [4.69, 9.17) is 5.26 Å². The Morgan fingerprint density at radius 3 is 2.93 bits per heavy atom. The molecule has 0 spiro atoms. The average Bonchev–Trinajstić information content (AvgIpc) is 2.25. The van der Waals surface area contributed by atoms with Crippen molar-refractivity contribution in [1.82, 2.24) is 0 Å². The van der Waals surface area contributed by atoms with Gasteiger partial charge in [-0.25, -0.2) is 4.39 Å². The summed E-state index contributed by atoms with van der Waals surface area (Å²) in [5.74, 6) is -0.478. The Bertz CT molecular complexity index is 391. The Morgan fingerprint density at radius 1 is 1.53 bits per heavy atom. The Kier molecular flexibility index (Phi) is 4.36. The summed E-state index contributed by atoms with van der Waals surface area (Å²) in [6, 6.07) is 6.31. The van der Waals surface area contributed by atoms with Gasteiger partial charge in [0, 0.05) is 12.2 Å². The lowest BCUT2D eigenvalue weighted by atomic mass is 10.2. The fourth-order valence-electron chi connectivity index (χ4n) is 1.18. The molecule has 0 aliphatic heterocycles. The zero-order chi connectivity index (χ0) is 11.1. The normalized spacial score (nSPS) is 10.2. The van der Waals surface area contributed by atoms with Crippen molar-refractivity contribution in [3.63, 3.8) is 0 Å². The molecule has 0 atom stereocenters. The van der Waals surface area contributed by atoms with Gasteiger partial charge in [-0.15, -0.1) is 0 Å². The van der Waals surface area contributed by atoms with Gasteiger partial charge < -0.3 is 5.32 Å². The summed E-state index contributed by atoms with van der Waals surface area (Å²) in [5, 5.41) is 11.6. The lowest BCUT2D eigenvalue weighted by Crippen LogP contribution is -2.00. The van der Waals surface area contributed by atoms with Crippen LogP contribution >= 0.6 is 0 Å². The van der Waals surface area contributed by atoms with Gasteiger partial charge in [0.15, 0.2) is 0 Å². The molecule has 0 aliphatic rings. The quantitative estimate of drug-likeness (QED) is 0.604. The number of hydrogen-bond acceptors (Lipinski definition) is 2. The first-order chi connectivity index (χ1) is 7.27. The van der Waals surface area contributed by atoms with E-state index in [1.807, 2.05) is 19.1 Å². The van der Waals surface area contributed by atoms with E-state index in [2.05, 4.69) is 5.32 Å². The molecule has 0 saturated heterocycles. The van der Waals surface area contributed by atoms with E-state index in [9.17, 15) is 4.39 Å². The summed E-state index contributed by atoms with van der Waals surface area (Å²) < 4.78 is 13.1. The van der Waals surface area contributed by atoms with E-state index >= 15 is 0 Å². The molecule has 0 bridgehead atoms. The predicted molar refractivity (Wildman–Crippen MR) is 59.0 cm³/mol. The summed E-state index contributed by atoms with van der Waals surface area (Å²) in [6.45, 7) is 2.72. The molecule has 1 aromatic carbocycles. The van der Waals surface area contributed by atoms with E-state index in [1.54, 1.807) is 12.1 Å². The maximum Gasteiger partial charge on any atom is 0.143 e. The van der Waals surface area contributed by atoms with Gasteiger partial charge in [-0.2, -0.15) is 5.26 Å². The molecule has 0 heterocycles. The largest absolute Gasteiger partial charge is 0.385 e. The second kappa shape index (κ2) is 5.82. The van der Waals surface area contributed by atoms with Crippen LogP contribution in [0.25, 0.3) is 0 Å². The third kappa shape index (κ3) is 3.43. The highest BCUT2D eigenvalue weighted by Gasteiger charge is 2.01. The molecule has 0 saturated carbocycles. The maximum atomic E-state index is 13.1. The minimum atomic E-state index is -0.478. The van der Waals surface area contributed by atoms with Crippen LogP contribution in [0.2, 0.25) is 0 Å². The molecule has 1 rings (SSSR count). The number of anilines is 1. The Labute approximate surface area is 89.0 Å². The minimum absolute atomic E-state index is 0.0778. The third-order valence-electron chi connectivity index (χ3n) is 1.97. The van der Waals surface area contributed by atoms with Crippen LogP contribution in [0.4, 0.5) is 10.1 Å². The van der Waals surface area contributed by atoms with Gasteiger partial charge in [0.1, 0.15) is 11.9 Å². The van der Waals surface area contributed by atoms with E-state index in [0.717, 1.165) is 13.0 Å². The molecule has 2 nitrogen and oxygen atoms in total. The number of nitriles is 1. The van der Waals surface area contributed by atoms with Crippen molar-refractivity contribution in [2.24, 2.45) is 0 Å². The molecule has 78 valence electrons. The number of nitrogens with one attached hydrogen (secondary N) is 1. The van der Waals surface area contributed by atoms with Crippen LogP contribution in [-0.4, -0.2) is 6.54 Å². The first kappa shape index (κ1) is 11.3. The number of hydrogen-bond donors (Lipinski definition) is 1. The van der Waals surface area contributed by atoms with Gasteiger partial charge in [0.05, 0.1) is 5.56 Å². The summed E-state index contributed by atoms with van der Waals surface area (Å²) in [7, 11) is 0. The van der Waals surface area contributed by atoms with Crippen molar-refractivity contribution in [2.45, 2.75) is 13.3 Å². The fourth-order valence-corrected chi connectivity index (χ4v) is 1.18. The Morgan fingerprint density at radius 2 is 2.33 bits per heavy atom. The lowest BCUT2D eigenvalue weighted by molar-refractivity contribution is 0.624. The Hall–Kier alpha value is -1.82. The Balaban J connectivity index is 2.57. The molecule has 0 amide bonds. The van der Waals surface area contributed by atoms with Crippen molar-refractivity contribution in [3.8, 4) is 6.07 Å². The molecule has 0 unspecified atom stereocenters. The monoisotopic (exact) mass is 204 g/mol. The number of allylic oxidation sites excluding steroid dienone is 1. The summed E-state index contributed by atoms with van der Waals surface area (Å²) in [5.41, 5.74) is 0.782. The second-order valence-electron chi connectivity index (χ2n) is 3.09. The smallest absolute Gasteiger partial charge is 0.143 e. The van der Waals surface area contributed by atoms with Crippen molar-refractivity contribution in [3.05, 3.63) is 41.7 Å². The molecular weight excluding hydrogens is 191 g/mol. The van der Waals surface area contributed by atoms with Crippen LogP contribution in [0.5, 0.6) is 0 Å². The van der Waals surface area contributed by atoms with Crippen molar-refractivity contribution in [1.29, 1.82) is 5.26 Å². The van der Waals surface area contributed by atoms with Crippen LogP contribution in [0.3, 0.4) is 0 Å². The molecule has 3 heteroatoms. The van der Waals surface area contributed by atoms with Gasteiger partial charge in [-0.1, -0.05) is 12.2 Å². The van der Waals surface area contributed by atoms with Crippen LogP contribution in [0.1, 0.15) is 18.9 Å². The fraction of sp³-hybridized carbons (Fsp3) is 0.250. The third-order valence-corrected chi connectivity index (χ3v) is 1.97. The molecular formula is C12H13FN2. The van der Waals surface area contributed by atoms with E-state index < -0.39 is 5.82 Å². The van der Waals surface area contributed by atoms with E-state index in [-0.39, 0.29) is 5.56 Å². The summed E-state index contributed by atoms with van der Waals surface area (Å²) >= 11 is 0. The first-order valence-electron chi connectivity index (χ1n) is 4.82. The van der Waals surface area contributed by atoms with Crippen LogP contribution < -0.4 is 5.32 Å². The SMILES string of the molecule is C/C=C/CCNc1ccc(C#N)c(F)c1. The summed E-state index contributed by atoms with van der Waals surface area (Å²) in [6.07, 6.45) is 4.91. The van der Waals surface area contributed by atoms with Crippen molar-refractivity contribution >= 4 is 5.69 Å². The number of rotatable bonds is 4. The number of nitrogens with zero attached hydrogens (tertiary/aromatic N) is 1. The predicted octanol–water partition coefficient (Wildman–Crippen LogP) is 3.08. The van der Waals surface area contributed by atoms with Crippen LogP contribution in [-0.2, 0) is 0 Å². The maximum absolute atomic E-state index is 13.1. The highest BCUT2D eigenvalue weighted by molar-refractivity contribution is 5.48. The zero-order valence-corrected chi connectivity index (χ0v) is 8.63. The zero-order valence-electron chi connectivity index (χ0n) is 8.63. The lowest BCUT2D eigenvalue weighted by Gasteiger charge is -2.04. The minimum Gasteiger partial charge on any atom is -0.385 e. The van der Waals surface area contributed by atoms with Gasteiger partial charge >= 0.3 is 0 Å². The molecule has 1 N–H and O–H groups in total. The highest BCUT2D eigenvalue weighted by atomic mass is 19.1. The molecule has 0 radical (unpaired) electrons. The van der Waals surface area contributed by atoms with E-state index in [0.29, 0.717) is 5.69 Å². The standard InChI is InChI=1S/C12H13FN2/c1-2-3-4-7-15-11-6-5-10(9-14)12(13)8-11/h2-3,5-6,8,15H,4,7H2,1H3/b3-2+.